The lowest BCUT2D eigenvalue weighted by molar-refractivity contribution is 0.354. The van der Waals surface area contributed by atoms with Gasteiger partial charge in [0.05, 0.1) is 14.2 Å². The SMILES string of the molecule is COc1ccc(CC[C@@H](C)N)cc1OC. The molecule has 0 amide bonds. The van der Waals surface area contributed by atoms with Crippen LogP contribution in [0.15, 0.2) is 18.2 Å². The Morgan fingerprint density at radius 3 is 2.40 bits per heavy atom. The number of hydrogen-bond acceptors (Lipinski definition) is 3. The van der Waals surface area contributed by atoms with Gasteiger partial charge in [-0.15, -0.1) is 0 Å². The second kappa shape index (κ2) is 5.61. The highest BCUT2D eigenvalue weighted by Crippen LogP contribution is 2.27. The Morgan fingerprint density at radius 2 is 1.87 bits per heavy atom. The quantitative estimate of drug-likeness (QED) is 0.806. The molecule has 0 bridgehead atoms. The van der Waals surface area contributed by atoms with E-state index in [1.165, 1.54) is 5.56 Å². The third-order valence-electron chi connectivity index (χ3n) is 2.34. The first-order valence-corrected chi connectivity index (χ1v) is 5.14. The Morgan fingerprint density at radius 1 is 1.20 bits per heavy atom. The second-order valence-electron chi connectivity index (χ2n) is 3.71. The van der Waals surface area contributed by atoms with E-state index in [1.54, 1.807) is 14.2 Å². The van der Waals surface area contributed by atoms with Crippen LogP contribution >= 0.6 is 0 Å². The summed E-state index contributed by atoms with van der Waals surface area (Å²) in [6, 6.07) is 6.21. The second-order valence-corrected chi connectivity index (χ2v) is 3.71. The Balaban J connectivity index is 2.74. The van der Waals surface area contributed by atoms with Crippen LogP contribution in [0, 0.1) is 0 Å². The van der Waals surface area contributed by atoms with Crippen LogP contribution in [0.4, 0.5) is 0 Å². The first-order valence-electron chi connectivity index (χ1n) is 5.14. The van der Waals surface area contributed by atoms with Crippen molar-refractivity contribution in [3.8, 4) is 11.5 Å². The van der Waals surface area contributed by atoms with E-state index < -0.39 is 0 Å². The van der Waals surface area contributed by atoms with Crippen LogP contribution in [-0.4, -0.2) is 20.3 Å². The molecule has 1 atom stereocenters. The zero-order chi connectivity index (χ0) is 11.3. The normalized spacial score (nSPS) is 12.3. The lowest BCUT2D eigenvalue weighted by Gasteiger charge is -2.10. The number of rotatable bonds is 5. The summed E-state index contributed by atoms with van der Waals surface area (Å²) in [7, 11) is 3.28. The average molecular weight is 209 g/mol. The van der Waals surface area contributed by atoms with Gasteiger partial charge in [0.1, 0.15) is 0 Å². The van der Waals surface area contributed by atoms with Crippen molar-refractivity contribution in [3.05, 3.63) is 23.8 Å². The molecule has 0 aliphatic carbocycles. The summed E-state index contributed by atoms with van der Waals surface area (Å²) in [6.45, 7) is 2.01. The molecular formula is C12H19NO2. The summed E-state index contributed by atoms with van der Waals surface area (Å²) >= 11 is 0. The molecule has 2 N–H and O–H groups in total. The number of methoxy groups -OCH3 is 2. The number of benzene rings is 1. The minimum absolute atomic E-state index is 0.234. The van der Waals surface area contributed by atoms with Gasteiger partial charge in [-0.25, -0.2) is 0 Å². The Bertz CT molecular complexity index is 310. The van der Waals surface area contributed by atoms with Gasteiger partial charge in [0.15, 0.2) is 11.5 Å². The third kappa shape index (κ3) is 3.44. The fraction of sp³-hybridized carbons (Fsp3) is 0.500. The first kappa shape index (κ1) is 11.9. The largest absolute Gasteiger partial charge is 0.493 e. The van der Waals surface area contributed by atoms with Gasteiger partial charge < -0.3 is 15.2 Å². The van der Waals surface area contributed by atoms with E-state index in [-0.39, 0.29) is 6.04 Å². The maximum absolute atomic E-state index is 5.71. The van der Waals surface area contributed by atoms with Crippen LogP contribution in [0.25, 0.3) is 0 Å². The number of ether oxygens (including phenoxy) is 2. The number of nitrogens with two attached hydrogens (primary N) is 1. The maximum Gasteiger partial charge on any atom is 0.160 e. The van der Waals surface area contributed by atoms with Crippen LogP contribution in [0.5, 0.6) is 11.5 Å². The average Bonchev–Trinajstić information content (AvgIpc) is 2.25. The lowest BCUT2D eigenvalue weighted by atomic mass is 10.1. The number of aryl methyl sites for hydroxylation is 1. The molecule has 0 aliphatic heterocycles. The fourth-order valence-electron chi connectivity index (χ4n) is 1.43. The van der Waals surface area contributed by atoms with E-state index in [0.29, 0.717) is 0 Å². The van der Waals surface area contributed by atoms with Crippen LogP contribution in [0.2, 0.25) is 0 Å². The van der Waals surface area contributed by atoms with Crippen LogP contribution < -0.4 is 15.2 Å². The molecule has 0 heterocycles. The highest BCUT2D eigenvalue weighted by atomic mass is 16.5. The topological polar surface area (TPSA) is 44.5 Å². The molecule has 0 fully saturated rings. The monoisotopic (exact) mass is 209 g/mol. The number of hydrogen-bond donors (Lipinski definition) is 1. The Kier molecular flexibility index (Phi) is 4.43. The van der Waals surface area contributed by atoms with Crippen LogP contribution in [-0.2, 0) is 6.42 Å². The van der Waals surface area contributed by atoms with Crippen LogP contribution in [0.1, 0.15) is 18.9 Å². The van der Waals surface area contributed by atoms with E-state index in [1.807, 2.05) is 25.1 Å². The Labute approximate surface area is 91.2 Å². The van der Waals surface area contributed by atoms with E-state index in [0.717, 1.165) is 24.3 Å². The summed E-state index contributed by atoms with van der Waals surface area (Å²) in [5.41, 5.74) is 6.94. The molecular weight excluding hydrogens is 190 g/mol. The van der Waals surface area contributed by atoms with Gasteiger partial charge in [0.2, 0.25) is 0 Å². The fourth-order valence-corrected chi connectivity index (χ4v) is 1.43. The molecule has 3 nitrogen and oxygen atoms in total. The molecule has 3 heteroatoms. The molecule has 0 spiro atoms. The van der Waals surface area contributed by atoms with Gasteiger partial charge in [0, 0.05) is 6.04 Å². The predicted octanol–water partition coefficient (Wildman–Crippen LogP) is 1.98. The predicted molar refractivity (Wildman–Crippen MR) is 61.5 cm³/mol. The van der Waals surface area contributed by atoms with Crippen molar-refractivity contribution in [1.29, 1.82) is 0 Å². The lowest BCUT2D eigenvalue weighted by Crippen LogP contribution is -2.15. The molecule has 0 radical (unpaired) electrons. The van der Waals surface area contributed by atoms with Gasteiger partial charge >= 0.3 is 0 Å². The summed E-state index contributed by atoms with van der Waals surface area (Å²) in [4.78, 5) is 0. The minimum atomic E-state index is 0.234. The van der Waals surface area contributed by atoms with Crippen molar-refractivity contribution in [1.82, 2.24) is 0 Å². The van der Waals surface area contributed by atoms with Gasteiger partial charge in [-0.05, 0) is 37.5 Å². The molecule has 0 unspecified atom stereocenters. The van der Waals surface area contributed by atoms with E-state index >= 15 is 0 Å². The van der Waals surface area contributed by atoms with Crippen molar-refractivity contribution in [2.75, 3.05) is 14.2 Å². The van der Waals surface area contributed by atoms with Crippen molar-refractivity contribution in [2.24, 2.45) is 5.73 Å². The molecule has 84 valence electrons. The first-order chi connectivity index (χ1) is 7.17. The van der Waals surface area contributed by atoms with Crippen molar-refractivity contribution in [2.45, 2.75) is 25.8 Å². The van der Waals surface area contributed by atoms with Gasteiger partial charge in [-0.1, -0.05) is 6.07 Å². The molecule has 1 aromatic carbocycles. The molecule has 0 aromatic heterocycles. The van der Waals surface area contributed by atoms with Crippen molar-refractivity contribution in [3.63, 3.8) is 0 Å². The molecule has 15 heavy (non-hydrogen) atoms. The zero-order valence-corrected chi connectivity index (χ0v) is 9.62. The van der Waals surface area contributed by atoms with E-state index in [2.05, 4.69) is 0 Å². The molecule has 1 aromatic rings. The molecule has 0 saturated heterocycles. The summed E-state index contributed by atoms with van der Waals surface area (Å²) < 4.78 is 10.4. The highest BCUT2D eigenvalue weighted by molar-refractivity contribution is 5.42. The van der Waals surface area contributed by atoms with E-state index in [4.69, 9.17) is 15.2 Å². The summed E-state index contributed by atoms with van der Waals surface area (Å²) in [5.74, 6) is 1.54. The maximum atomic E-state index is 5.71. The van der Waals surface area contributed by atoms with Crippen molar-refractivity contribution < 1.29 is 9.47 Å². The van der Waals surface area contributed by atoms with Crippen LogP contribution in [0.3, 0.4) is 0 Å². The minimum Gasteiger partial charge on any atom is -0.493 e. The van der Waals surface area contributed by atoms with Gasteiger partial charge in [0.25, 0.3) is 0 Å². The van der Waals surface area contributed by atoms with Crippen molar-refractivity contribution >= 4 is 0 Å². The highest BCUT2D eigenvalue weighted by Gasteiger charge is 2.04. The zero-order valence-electron chi connectivity index (χ0n) is 9.62. The summed E-state index contributed by atoms with van der Waals surface area (Å²) in [5, 5.41) is 0. The smallest absolute Gasteiger partial charge is 0.160 e. The molecule has 0 aliphatic rings. The third-order valence-corrected chi connectivity index (χ3v) is 2.34. The summed E-state index contributed by atoms with van der Waals surface area (Å²) in [6.07, 6.45) is 1.95. The molecule has 0 saturated carbocycles. The Hall–Kier alpha value is -1.22. The van der Waals surface area contributed by atoms with Gasteiger partial charge in [-0.3, -0.25) is 0 Å². The molecule has 1 rings (SSSR count). The van der Waals surface area contributed by atoms with E-state index in [9.17, 15) is 0 Å². The van der Waals surface area contributed by atoms with Gasteiger partial charge in [-0.2, -0.15) is 0 Å². The standard InChI is InChI=1S/C12H19NO2/c1-9(13)4-5-10-6-7-11(14-2)12(8-10)15-3/h6-9H,4-5,13H2,1-3H3/t9-/m1/s1.